The first-order chi connectivity index (χ1) is 12.6. The van der Waals surface area contributed by atoms with Crippen LogP contribution in [0.25, 0.3) is 0 Å². The molecule has 3 heterocycles. The number of halogens is 1. The van der Waals surface area contributed by atoms with Crippen LogP contribution in [0.15, 0.2) is 18.2 Å². The average Bonchev–Trinajstić information content (AvgIpc) is 3.09. The van der Waals surface area contributed by atoms with Crippen molar-refractivity contribution in [3.8, 4) is 5.75 Å². The van der Waals surface area contributed by atoms with E-state index in [9.17, 15) is 0 Å². The first-order valence-electron chi connectivity index (χ1n) is 9.47. The topological polar surface area (TPSA) is 33.5 Å². The van der Waals surface area contributed by atoms with E-state index < -0.39 is 0 Å². The number of fused-ring (bicyclic) bond motifs is 1. The van der Waals surface area contributed by atoms with E-state index in [1.807, 2.05) is 14.0 Å². The third kappa shape index (κ3) is 3.75. The second-order valence-corrected chi connectivity index (χ2v) is 7.78. The fraction of sp³-hybridized carbons (Fsp3) is 0.550. The molecule has 1 fully saturated rings. The molecule has 0 amide bonds. The summed E-state index contributed by atoms with van der Waals surface area (Å²) in [6, 6.07) is 6.67. The Kier molecular flexibility index (Phi) is 5.20. The van der Waals surface area contributed by atoms with E-state index in [0.29, 0.717) is 0 Å². The van der Waals surface area contributed by atoms with Crippen molar-refractivity contribution in [1.29, 1.82) is 0 Å². The smallest absolute Gasteiger partial charge is 0.131 e. The number of hydrogen-bond acceptors (Lipinski definition) is 4. The van der Waals surface area contributed by atoms with Gasteiger partial charge in [0.15, 0.2) is 0 Å². The van der Waals surface area contributed by atoms with Crippen molar-refractivity contribution in [3.63, 3.8) is 0 Å². The normalized spacial score (nSPS) is 18.6. The lowest BCUT2D eigenvalue weighted by molar-refractivity contribution is 0.247. The van der Waals surface area contributed by atoms with Crippen molar-refractivity contribution in [3.05, 3.63) is 45.7 Å². The lowest BCUT2D eigenvalue weighted by Crippen LogP contribution is -2.30. The molecule has 0 radical (unpaired) electrons. The molecule has 0 atom stereocenters. The third-order valence-electron chi connectivity index (χ3n) is 5.49. The highest BCUT2D eigenvalue weighted by molar-refractivity contribution is 6.30. The van der Waals surface area contributed by atoms with Gasteiger partial charge in [-0.1, -0.05) is 23.7 Å². The molecule has 0 unspecified atom stereocenters. The van der Waals surface area contributed by atoms with Crippen LogP contribution in [0.3, 0.4) is 0 Å². The van der Waals surface area contributed by atoms with Crippen molar-refractivity contribution in [1.82, 2.24) is 19.6 Å². The van der Waals surface area contributed by atoms with Gasteiger partial charge in [-0.2, -0.15) is 5.10 Å². The van der Waals surface area contributed by atoms with Crippen LogP contribution in [0.5, 0.6) is 5.75 Å². The van der Waals surface area contributed by atoms with Crippen molar-refractivity contribution in [2.75, 3.05) is 32.8 Å². The summed E-state index contributed by atoms with van der Waals surface area (Å²) in [5.41, 5.74) is 4.97. The number of aromatic nitrogens is 2. The largest absolute Gasteiger partial charge is 0.493 e. The SMILES string of the molecule is Cc1nn(C)c(Cl)c1CN1CCCN(Cc2ccc3c(c2)CCO3)CC1. The number of aryl methyl sites for hydroxylation is 2. The molecule has 6 heteroatoms. The van der Waals surface area contributed by atoms with Gasteiger partial charge in [-0.25, -0.2) is 0 Å². The van der Waals surface area contributed by atoms with Crippen LogP contribution in [-0.2, 0) is 26.6 Å². The minimum Gasteiger partial charge on any atom is -0.493 e. The maximum absolute atomic E-state index is 6.41. The molecule has 0 bridgehead atoms. The van der Waals surface area contributed by atoms with Gasteiger partial charge in [0, 0.05) is 45.2 Å². The van der Waals surface area contributed by atoms with E-state index in [0.717, 1.165) is 68.9 Å². The highest BCUT2D eigenvalue weighted by Crippen LogP contribution is 2.26. The molecule has 2 aromatic rings. The average molecular weight is 375 g/mol. The summed E-state index contributed by atoms with van der Waals surface area (Å²) in [6.45, 7) is 9.19. The highest BCUT2D eigenvalue weighted by Gasteiger charge is 2.20. The van der Waals surface area contributed by atoms with Crippen LogP contribution in [0.4, 0.5) is 0 Å². The fourth-order valence-corrected chi connectivity index (χ4v) is 4.25. The van der Waals surface area contributed by atoms with E-state index in [4.69, 9.17) is 16.3 Å². The van der Waals surface area contributed by atoms with E-state index in [2.05, 4.69) is 33.1 Å². The summed E-state index contributed by atoms with van der Waals surface area (Å²) in [7, 11) is 1.91. The van der Waals surface area contributed by atoms with Gasteiger partial charge in [-0.05, 0) is 43.6 Å². The van der Waals surface area contributed by atoms with Gasteiger partial charge in [0.25, 0.3) is 0 Å². The predicted molar refractivity (Wildman–Crippen MR) is 104 cm³/mol. The Bertz CT molecular complexity index is 788. The standard InChI is InChI=1S/C20H27ClN4O/c1-15-18(20(21)23(2)22-15)14-25-8-3-7-24(9-10-25)13-16-4-5-19-17(12-16)6-11-26-19/h4-5,12H,3,6-11,13-14H2,1-2H3. The Morgan fingerprint density at radius 2 is 1.88 bits per heavy atom. The number of nitrogens with zero attached hydrogens (tertiary/aromatic N) is 4. The van der Waals surface area contributed by atoms with Gasteiger partial charge in [-0.3, -0.25) is 14.5 Å². The van der Waals surface area contributed by atoms with E-state index in [1.165, 1.54) is 23.1 Å². The van der Waals surface area contributed by atoms with Crippen LogP contribution in [0, 0.1) is 6.92 Å². The Labute approximate surface area is 160 Å². The van der Waals surface area contributed by atoms with Crippen molar-refractivity contribution < 1.29 is 4.74 Å². The molecule has 0 aliphatic carbocycles. The van der Waals surface area contributed by atoms with Crippen LogP contribution in [0.1, 0.15) is 28.8 Å². The summed E-state index contributed by atoms with van der Waals surface area (Å²) in [4.78, 5) is 5.07. The summed E-state index contributed by atoms with van der Waals surface area (Å²) < 4.78 is 7.39. The van der Waals surface area contributed by atoms with Gasteiger partial charge >= 0.3 is 0 Å². The lowest BCUT2D eigenvalue weighted by Gasteiger charge is -2.22. The molecule has 2 aliphatic heterocycles. The molecule has 4 rings (SSSR count). The Hall–Kier alpha value is -1.56. The number of ether oxygens (including phenoxy) is 1. The maximum atomic E-state index is 6.41. The van der Waals surface area contributed by atoms with Crippen LogP contribution in [-0.4, -0.2) is 52.4 Å². The van der Waals surface area contributed by atoms with Crippen molar-refractivity contribution >= 4 is 11.6 Å². The first-order valence-corrected chi connectivity index (χ1v) is 9.85. The maximum Gasteiger partial charge on any atom is 0.131 e. The van der Waals surface area contributed by atoms with Gasteiger partial charge in [0.05, 0.1) is 12.3 Å². The number of hydrogen-bond donors (Lipinski definition) is 0. The Balaban J connectivity index is 1.36. The van der Waals surface area contributed by atoms with E-state index >= 15 is 0 Å². The van der Waals surface area contributed by atoms with Crippen LogP contribution >= 0.6 is 11.6 Å². The minimum absolute atomic E-state index is 0.768. The molecular weight excluding hydrogens is 348 g/mol. The zero-order chi connectivity index (χ0) is 18.1. The minimum atomic E-state index is 0.768. The molecule has 26 heavy (non-hydrogen) atoms. The van der Waals surface area contributed by atoms with Gasteiger partial charge < -0.3 is 4.74 Å². The summed E-state index contributed by atoms with van der Waals surface area (Å²) in [5, 5.41) is 5.20. The molecule has 0 saturated carbocycles. The molecule has 140 valence electrons. The monoisotopic (exact) mass is 374 g/mol. The van der Waals surface area contributed by atoms with Crippen molar-refractivity contribution in [2.24, 2.45) is 7.05 Å². The lowest BCUT2D eigenvalue weighted by atomic mass is 10.1. The molecule has 1 aromatic heterocycles. The van der Waals surface area contributed by atoms with E-state index in [-0.39, 0.29) is 0 Å². The Morgan fingerprint density at radius 3 is 2.62 bits per heavy atom. The van der Waals surface area contributed by atoms with E-state index in [1.54, 1.807) is 4.68 Å². The second-order valence-electron chi connectivity index (χ2n) is 7.42. The molecule has 1 saturated heterocycles. The van der Waals surface area contributed by atoms with Crippen LogP contribution < -0.4 is 4.74 Å². The number of rotatable bonds is 4. The predicted octanol–water partition coefficient (Wildman–Crippen LogP) is 3.02. The van der Waals surface area contributed by atoms with Crippen LogP contribution in [0.2, 0.25) is 5.15 Å². The van der Waals surface area contributed by atoms with Gasteiger partial charge in [0.2, 0.25) is 0 Å². The van der Waals surface area contributed by atoms with Crippen molar-refractivity contribution in [2.45, 2.75) is 32.9 Å². The molecule has 1 aromatic carbocycles. The zero-order valence-corrected chi connectivity index (χ0v) is 16.4. The Morgan fingerprint density at radius 1 is 1.12 bits per heavy atom. The molecule has 0 spiro atoms. The summed E-state index contributed by atoms with van der Waals surface area (Å²) in [5.74, 6) is 1.07. The second kappa shape index (κ2) is 7.59. The summed E-state index contributed by atoms with van der Waals surface area (Å²) >= 11 is 6.41. The third-order valence-corrected chi connectivity index (χ3v) is 5.97. The first kappa shape index (κ1) is 17.8. The molecular formula is C20H27ClN4O. The quantitative estimate of drug-likeness (QED) is 0.823. The molecule has 2 aliphatic rings. The summed E-state index contributed by atoms with van der Waals surface area (Å²) in [6.07, 6.45) is 2.23. The zero-order valence-electron chi connectivity index (χ0n) is 15.7. The molecule has 0 N–H and O–H groups in total. The van der Waals surface area contributed by atoms with Gasteiger partial charge in [0.1, 0.15) is 10.9 Å². The highest BCUT2D eigenvalue weighted by atomic mass is 35.5. The number of benzene rings is 1. The fourth-order valence-electron chi connectivity index (χ4n) is 4.01. The molecule has 5 nitrogen and oxygen atoms in total. The van der Waals surface area contributed by atoms with Gasteiger partial charge in [-0.15, -0.1) is 0 Å².